The minimum Gasteiger partial charge on any atom is -0.495 e. The van der Waals surface area contributed by atoms with Crippen molar-refractivity contribution in [2.45, 2.75) is 82.9 Å². The lowest BCUT2D eigenvalue weighted by Crippen LogP contribution is -2.56. The first-order valence-corrected chi connectivity index (χ1v) is 18.5. The van der Waals surface area contributed by atoms with Gasteiger partial charge in [0.2, 0.25) is 5.96 Å². The fraction of sp³-hybridized carbons (Fsp3) is 0.385. The molecule has 0 unspecified atom stereocenters. The predicted octanol–water partition coefficient (Wildman–Crippen LogP) is 9.61. The van der Waals surface area contributed by atoms with E-state index in [1.807, 2.05) is 30.5 Å². The number of ether oxygens (including phenoxy) is 3. The van der Waals surface area contributed by atoms with Crippen LogP contribution >= 0.6 is 23.4 Å². The van der Waals surface area contributed by atoms with Crippen molar-refractivity contribution in [3.63, 3.8) is 0 Å². The molecule has 0 bridgehead atoms. The number of aromatic nitrogens is 2. The first kappa shape index (κ1) is 42.8. The van der Waals surface area contributed by atoms with Crippen molar-refractivity contribution in [1.29, 1.82) is 0 Å². The lowest BCUT2D eigenvalue weighted by molar-refractivity contribution is 0.0242. The Morgan fingerprint density at radius 3 is 2.18 bits per heavy atom. The number of imidazole rings is 1. The molecule has 11 nitrogen and oxygen atoms in total. The molecule has 1 heterocycles. The number of hydrogen-bond donors (Lipinski definition) is 2. The number of thioether (sulfide) groups is 1. The Bertz CT molecular complexity index is 2020. The molecule has 55 heavy (non-hydrogen) atoms. The van der Waals surface area contributed by atoms with Crippen LogP contribution in [0, 0.1) is 17.5 Å². The predicted molar refractivity (Wildman–Crippen MR) is 206 cm³/mol. The number of nitrogens with zero attached hydrogens (tertiary/aromatic N) is 4. The van der Waals surface area contributed by atoms with Gasteiger partial charge in [0.25, 0.3) is 0 Å². The second-order valence-corrected chi connectivity index (χ2v) is 16.2. The second kappa shape index (κ2) is 17.3. The van der Waals surface area contributed by atoms with Crippen molar-refractivity contribution in [2.24, 2.45) is 4.99 Å². The van der Waals surface area contributed by atoms with Crippen LogP contribution < -0.4 is 14.8 Å². The van der Waals surface area contributed by atoms with Gasteiger partial charge < -0.3 is 19.3 Å². The Labute approximate surface area is 327 Å². The number of methoxy groups -OCH3 is 1. The van der Waals surface area contributed by atoms with Gasteiger partial charge in [0.05, 0.1) is 30.6 Å². The van der Waals surface area contributed by atoms with Crippen molar-refractivity contribution in [1.82, 2.24) is 19.8 Å². The highest BCUT2D eigenvalue weighted by atomic mass is 35.5. The van der Waals surface area contributed by atoms with Crippen molar-refractivity contribution >= 4 is 41.5 Å². The maximum Gasteiger partial charge on any atom is 0.417 e. The normalized spacial score (nSPS) is 12.3. The highest BCUT2D eigenvalue weighted by Crippen LogP contribution is 2.39. The summed E-state index contributed by atoms with van der Waals surface area (Å²) < 4.78 is 63.2. The SMILES string of the molecule is COc1cc(C(C)(C)c2cnc(SCc3c(F)cc(OCCN=C(NC(=O)O)N(C(=O)OC(C)(C)C)C(C)(C)C)cc3F)n2-c2ccc(F)cc2)ccc1Cl. The quantitative estimate of drug-likeness (QED) is 0.0665. The number of amides is 2. The van der Waals surface area contributed by atoms with Gasteiger partial charge in [-0.3, -0.25) is 9.88 Å². The van der Waals surface area contributed by atoms with Crippen LogP contribution in [-0.4, -0.2) is 69.1 Å². The molecule has 0 saturated carbocycles. The summed E-state index contributed by atoms with van der Waals surface area (Å²) >= 11 is 7.38. The Morgan fingerprint density at radius 2 is 1.62 bits per heavy atom. The van der Waals surface area contributed by atoms with Gasteiger partial charge in [-0.1, -0.05) is 43.3 Å². The first-order valence-electron chi connectivity index (χ1n) is 17.1. The van der Waals surface area contributed by atoms with E-state index in [-0.39, 0.29) is 36.2 Å². The van der Waals surface area contributed by atoms with Gasteiger partial charge in [0.15, 0.2) is 5.16 Å². The zero-order valence-corrected chi connectivity index (χ0v) is 33.7. The van der Waals surface area contributed by atoms with E-state index >= 15 is 8.78 Å². The van der Waals surface area contributed by atoms with Crippen molar-refractivity contribution in [3.8, 4) is 17.2 Å². The van der Waals surface area contributed by atoms with Gasteiger partial charge in [0.1, 0.15) is 41.2 Å². The molecular formula is C39H45ClF3N5O6S. The molecule has 16 heteroatoms. The molecule has 0 aliphatic carbocycles. The number of nitrogens with one attached hydrogen (secondary N) is 1. The minimum absolute atomic E-state index is 0.123. The summed E-state index contributed by atoms with van der Waals surface area (Å²) in [7, 11) is 1.52. The monoisotopic (exact) mass is 803 g/mol. The summed E-state index contributed by atoms with van der Waals surface area (Å²) in [6.45, 7) is 13.6. The van der Waals surface area contributed by atoms with Crippen LogP contribution in [0.15, 0.2) is 70.9 Å². The molecule has 0 spiro atoms. The molecule has 4 aromatic rings. The highest BCUT2D eigenvalue weighted by Gasteiger charge is 2.36. The smallest absolute Gasteiger partial charge is 0.417 e. The van der Waals surface area contributed by atoms with Crippen LogP contribution in [0.4, 0.5) is 22.8 Å². The molecule has 0 saturated heterocycles. The van der Waals surface area contributed by atoms with Gasteiger partial charge in [-0.05, 0) is 83.5 Å². The highest BCUT2D eigenvalue weighted by molar-refractivity contribution is 7.98. The Balaban J connectivity index is 1.55. The average Bonchev–Trinajstić information content (AvgIpc) is 3.50. The molecule has 4 rings (SSSR count). The molecule has 0 atom stereocenters. The van der Waals surface area contributed by atoms with Gasteiger partial charge in [-0.2, -0.15) is 0 Å². The Morgan fingerprint density at radius 1 is 0.982 bits per heavy atom. The van der Waals surface area contributed by atoms with Gasteiger partial charge >= 0.3 is 12.2 Å². The lowest BCUT2D eigenvalue weighted by atomic mass is 9.81. The zero-order valence-electron chi connectivity index (χ0n) is 32.1. The number of guanidine groups is 1. The van der Waals surface area contributed by atoms with Crippen molar-refractivity contribution in [2.75, 3.05) is 20.3 Å². The van der Waals surface area contributed by atoms with Gasteiger partial charge in [0, 0.05) is 40.1 Å². The van der Waals surface area contributed by atoms with E-state index in [1.165, 1.54) is 19.2 Å². The lowest BCUT2D eigenvalue weighted by Gasteiger charge is -2.36. The van der Waals surface area contributed by atoms with Gasteiger partial charge in [-0.25, -0.2) is 37.6 Å². The van der Waals surface area contributed by atoms with E-state index in [9.17, 15) is 19.1 Å². The Kier molecular flexibility index (Phi) is 13.5. The number of halogens is 4. The van der Waals surface area contributed by atoms with Crippen LogP contribution in [0.2, 0.25) is 5.02 Å². The molecule has 0 fully saturated rings. The van der Waals surface area contributed by atoms with Crippen LogP contribution in [0.25, 0.3) is 5.69 Å². The third-order valence-electron chi connectivity index (χ3n) is 8.09. The maximum atomic E-state index is 15.5. The number of carboxylic acid groups (broad SMARTS) is 1. The second-order valence-electron chi connectivity index (χ2n) is 14.8. The van der Waals surface area contributed by atoms with E-state index in [2.05, 4.69) is 15.3 Å². The van der Waals surface area contributed by atoms with Crippen molar-refractivity contribution < 1.29 is 42.1 Å². The summed E-state index contributed by atoms with van der Waals surface area (Å²) in [5.41, 5.74) is -0.540. The van der Waals surface area contributed by atoms with E-state index < -0.39 is 46.2 Å². The minimum atomic E-state index is -1.46. The van der Waals surface area contributed by atoms with Crippen molar-refractivity contribution in [3.05, 3.63) is 100 Å². The molecule has 0 radical (unpaired) electrons. The topological polar surface area (TPSA) is 128 Å². The molecule has 3 aromatic carbocycles. The molecule has 0 aliphatic heterocycles. The number of carbonyl (C=O) groups is 2. The third kappa shape index (κ3) is 10.9. The summed E-state index contributed by atoms with van der Waals surface area (Å²) in [6, 6.07) is 13.3. The van der Waals surface area contributed by atoms with E-state index in [4.69, 9.17) is 25.8 Å². The number of hydrogen-bond acceptors (Lipinski definition) is 8. The fourth-order valence-electron chi connectivity index (χ4n) is 5.41. The molecule has 0 aliphatic rings. The van der Waals surface area contributed by atoms with E-state index in [1.54, 1.807) is 65.9 Å². The number of rotatable bonds is 11. The summed E-state index contributed by atoms with van der Waals surface area (Å²) in [5.74, 6) is -2.24. The number of carbonyl (C=O) groups excluding carboxylic acids is 1. The number of aliphatic imine (C=N–C) groups is 1. The summed E-state index contributed by atoms with van der Waals surface area (Å²) in [4.78, 5) is 34.5. The summed E-state index contributed by atoms with van der Waals surface area (Å²) in [6.07, 6.45) is -0.615. The van der Waals surface area contributed by atoms with Crippen LogP contribution in [0.3, 0.4) is 0 Å². The number of benzene rings is 3. The fourth-order valence-corrected chi connectivity index (χ4v) is 6.62. The standard InChI is InChI=1S/C39H45ClF3N5O6S/c1-37(2,3)48(36(51)54-38(4,5)6)33(46-35(49)50)44-16-17-53-26-19-29(42)27(30(43)20-26)22-55-34-45-21-32(47(34)25-13-11-24(41)12-14-25)39(7,8)23-10-15-28(40)31(18-23)52-9/h10-15,18-21H,16-17,22H2,1-9H3,(H,44,46)(H,49,50). The molecule has 1 aromatic heterocycles. The molecule has 296 valence electrons. The molecule has 2 N–H and O–H groups in total. The first-order chi connectivity index (χ1) is 25.6. The van der Waals surface area contributed by atoms with Crippen LogP contribution in [0.1, 0.15) is 72.2 Å². The van der Waals surface area contributed by atoms with Crippen LogP contribution in [-0.2, 0) is 15.9 Å². The van der Waals surface area contributed by atoms with Crippen LogP contribution in [0.5, 0.6) is 11.5 Å². The molecular weight excluding hydrogens is 759 g/mol. The van der Waals surface area contributed by atoms with E-state index in [0.29, 0.717) is 21.6 Å². The van der Waals surface area contributed by atoms with E-state index in [0.717, 1.165) is 40.1 Å². The molecule has 2 amide bonds. The zero-order chi connectivity index (χ0) is 40.9. The van der Waals surface area contributed by atoms with Gasteiger partial charge in [-0.15, -0.1) is 0 Å². The maximum absolute atomic E-state index is 15.5. The third-order valence-corrected chi connectivity index (χ3v) is 9.38. The Hall–Kier alpha value is -4.89. The largest absolute Gasteiger partial charge is 0.495 e. The average molecular weight is 804 g/mol. The summed E-state index contributed by atoms with van der Waals surface area (Å²) in [5, 5.41) is 12.4.